The number of carbonyl (C=O) groups is 10. The molecule has 1 aromatic carbocycles. The number of phenolic OH excluding ortho intramolecular Hbond substituents is 1. The van der Waals surface area contributed by atoms with Crippen LogP contribution in [-0.2, 0) is 59.0 Å². The predicted molar refractivity (Wildman–Crippen MR) is 319 cm³/mol. The van der Waals surface area contributed by atoms with Crippen molar-refractivity contribution in [1.29, 1.82) is 0 Å². The van der Waals surface area contributed by atoms with E-state index in [2.05, 4.69) is 26.3 Å². The number of unbranched alkanes of at least 4 members (excludes halogenated alkanes) is 1. The van der Waals surface area contributed by atoms with Gasteiger partial charge in [-0.15, -0.1) is 11.3 Å². The number of thiazole rings is 1. The number of rotatable bonds is 32. The summed E-state index contributed by atoms with van der Waals surface area (Å²) in [6, 6.07) is 2.09. The third kappa shape index (κ3) is 23.0. The first-order chi connectivity index (χ1) is 38.9. The topological polar surface area (TPSA) is 289 Å². The van der Waals surface area contributed by atoms with Gasteiger partial charge in [0.15, 0.2) is 11.9 Å². The average Bonchev–Trinajstić information content (AvgIpc) is 4.18. The van der Waals surface area contributed by atoms with Crippen molar-refractivity contribution in [2.24, 2.45) is 23.7 Å². The summed E-state index contributed by atoms with van der Waals surface area (Å²) >= 11 is 1.08. The van der Waals surface area contributed by atoms with Gasteiger partial charge in [0, 0.05) is 87.8 Å². The van der Waals surface area contributed by atoms with Crippen LogP contribution in [0.15, 0.2) is 35.7 Å². The summed E-state index contributed by atoms with van der Waals surface area (Å²) in [5, 5.41) is 23.9. The van der Waals surface area contributed by atoms with Crippen LogP contribution >= 0.6 is 11.3 Å². The van der Waals surface area contributed by atoms with Crippen LogP contribution in [0.25, 0.3) is 0 Å². The van der Waals surface area contributed by atoms with Crippen LogP contribution in [0.3, 0.4) is 0 Å². The molecule has 0 aliphatic carbocycles. The molecule has 0 fully saturated rings. The highest BCUT2D eigenvalue weighted by Crippen LogP contribution is 2.34. The molecule has 1 unspecified atom stereocenters. The van der Waals surface area contributed by atoms with Gasteiger partial charge in [-0.05, 0) is 138 Å². The fraction of sp³-hybridized carbons (Fsp3) is 0.656. The molecule has 2 aromatic rings. The lowest BCUT2D eigenvalue weighted by Crippen LogP contribution is -2.50. The van der Waals surface area contributed by atoms with Gasteiger partial charge in [-0.25, -0.2) is 14.6 Å². The smallest absolute Gasteiger partial charge is 0.407 e. The van der Waals surface area contributed by atoms with E-state index in [0.29, 0.717) is 24.8 Å². The van der Waals surface area contributed by atoms with Gasteiger partial charge in [-0.2, -0.15) is 0 Å². The Labute approximate surface area is 500 Å². The van der Waals surface area contributed by atoms with E-state index >= 15 is 0 Å². The zero-order valence-corrected chi connectivity index (χ0v) is 53.3. The monoisotopic (exact) mass is 1190 g/mol. The zero-order valence-electron chi connectivity index (χ0n) is 52.5. The number of anilines is 1. The predicted octanol–water partition coefficient (Wildman–Crippen LogP) is 7.82. The Morgan fingerprint density at radius 2 is 1.46 bits per heavy atom. The Kier molecular flexibility index (Phi) is 27.2. The first-order valence-corrected chi connectivity index (χ1v) is 29.9. The summed E-state index contributed by atoms with van der Waals surface area (Å²) < 4.78 is 16.9. The van der Waals surface area contributed by atoms with Crippen molar-refractivity contribution >= 4 is 76.3 Å². The van der Waals surface area contributed by atoms with Gasteiger partial charge in [-0.3, -0.25) is 48.2 Å². The lowest BCUT2D eigenvalue weighted by Gasteiger charge is -2.38. The van der Waals surface area contributed by atoms with E-state index in [1.54, 1.807) is 66.5 Å². The molecule has 0 spiro atoms. The van der Waals surface area contributed by atoms with Crippen molar-refractivity contribution in [1.82, 2.24) is 35.6 Å². The second kappa shape index (κ2) is 31.9. The minimum absolute atomic E-state index is 0.00314. The maximum Gasteiger partial charge on any atom is 0.407 e. The Balaban J connectivity index is 1.96. The molecule has 7 atom stereocenters. The highest BCUT2D eigenvalue weighted by Gasteiger charge is 2.40. The molecule has 1 aliphatic heterocycles. The summed E-state index contributed by atoms with van der Waals surface area (Å²) in [4.78, 5) is 142. The molecule has 0 radical (unpaired) electrons. The molecule has 3 rings (SSSR count). The summed E-state index contributed by atoms with van der Waals surface area (Å²) in [6.07, 6.45) is 2.75. The number of likely N-dealkylation sites (N-methyl/N-ethyl adjacent to an activating group) is 1. The number of aromatic hydroxyl groups is 1. The number of ketones is 1. The number of alkyl carbamates (subject to hydrolysis) is 1. The summed E-state index contributed by atoms with van der Waals surface area (Å²) in [5.41, 5.74) is -1.82. The Hall–Kier alpha value is -6.75. The van der Waals surface area contributed by atoms with Crippen molar-refractivity contribution in [3.05, 3.63) is 52.0 Å². The maximum absolute atomic E-state index is 14.5. The van der Waals surface area contributed by atoms with E-state index < -0.39 is 100 Å². The number of imide groups is 1. The van der Waals surface area contributed by atoms with Crippen molar-refractivity contribution in [3.8, 4) is 5.75 Å². The van der Waals surface area contributed by atoms with Crippen LogP contribution in [-0.4, -0.2) is 153 Å². The van der Waals surface area contributed by atoms with Gasteiger partial charge >= 0.3 is 18.0 Å². The van der Waals surface area contributed by atoms with E-state index in [9.17, 15) is 53.1 Å². The van der Waals surface area contributed by atoms with Crippen LogP contribution < -0.4 is 21.3 Å². The Morgan fingerprint density at radius 3 is 2.04 bits per heavy atom. The van der Waals surface area contributed by atoms with E-state index in [4.69, 9.17) is 14.2 Å². The fourth-order valence-corrected chi connectivity index (χ4v) is 10.1. The van der Waals surface area contributed by atoms with Crippen LogP contribution in [0.1, 0.15) is 182 Å². The number of nitrogens with zero attached hydrogens (tertiary/aromatic N) is 4. The molecule has 1 aromatic heterocycles. The third-order valence-corrected chi connectivity index (χ3v) is 15.7. The van der Waals surface area contributed by atoms with Gasteiger partial charge in [-0.1, -0.05) is 47.1 Å². The zero-order chi connectivity index (χ0) is 63.6. The van der Waals surface area contributed by atoms with Crippen LogP contribution in [0, 0.1) is 23.7 Å². The number of nitrogens with one attached hydrogen (secondary N) is 4. The number of benzene rings is 1. The number of hydrogen-bond acceptors (Lipinski definition) is 17. The second-order valence-corrected chi connectivity index (χ2v) is 25.8. The lowest BCUT2D eigenvalue weighted by molar-refractivity contribution is -0.159. The maximum atomic E-state index is 14.5. The normalized spacial score (nSPS) is 15.3. The third-order valence-electron chi connectivity index (χ3n) is 14.8. The Morgan fingerprint density at radius 1 is 0.833 bits per heavy atom. The van der Waals surface area contributed by atoms with Crippen molar-refractivity contribution in [3.63, 3.8) is 0 Å². The number of esters is 2. The average molecular weight is 1200 g/mol. The molecule has 22 nitrogen and oxygen atoms in total. The van der Waals surface area contributed by atoms with Crippen molar-refractivity contribution in [2.45, 2.75) is 202 Å². The minimum atomic E-state index is -1.07. The first kappa shape index (κ1) is 71.5. The molecule has 5 N–H and O–H groups in total. The molecule has 2 heterocycles. The Bertz CT molecular complexity index is 2650. The van der Waals surface area contributed by atoms with Gasteiger partial charge in [0.05, 0.1) is 11.2 Å². The van der Waals surface area contributed by atoms with E-state index in [1.165, 1.54) is 24.4 Å². The van der Waals surface area contributed by atoms with Crippen LogP contribution in [0.2, 0.25) is 0 Å². The molecule has 7 amide bonds. The van der Waals surface area contributed by atoms with Crippen LogP contribution in [0.5, 0.6) is 5.75 Å². The fourth-order valence-electron chi connectivity index (χ4n) is 9.23. The quantitative estimate of drug-likeness (QED) is 0.0153. The van der Waals surface area contributed by atoms with E-state index in [1.807, 2.05) is 60.5 Å². The number of amides is 7. The molecule has 0 saturated carbocycles. The summed E-state index contributed by atoms with van der Waals surface area (Å²) in [6.45, 7) is 25.0. The molecule has 0 bridgehead atoms. The largest absolute Gasteiger partial charge is 0.506 e. The van der Waals surface area contributed by atoms with Crippen molar-refractivity contribution in [2.75, 3.05) is 39.5 Å². The van der Waals surface area contributed by atoms with Crippen molar-refractivity contribution < 1.29 is 67.3 Å². The number of phenols is 1. The highest BCUT2D eigenvalue weighted by molar-refractivity contribution is 7.09. The molecular formula is C61H94N8O14S. The molecule has 1 aliphatic rings. The first-order valence-electron chi connectivity index (χ1n) is 29.0. The van der Waals surface area contributed by atoms with Gasteiger partial charge in [0.1, 0.15) is 33.7 Å². The number of ether oxygens (including phenoxy) is 3. The molecular weight excluding hydrogens is 1100 g/mol. The van der Waals surface area contributed by atoms with Gasteiger partial charge < -0.3 is 45.5 Å². The summed E-state index contributed by atoms with van der Waals surface area (Å²) in [7, 11) is 5.34. The SMILES string of the molecule is CC[C@H](C)[C@H](CC(=O)C(C)(C)N(C)C)C(=O)N(C)[C@H](C[C@@H](OC(C)=O)c1nc(C(=O)N[C@@H](Cc2ccc(O)c(NC(=O)CCCN3C(=O)C=CC3=O)c2)CC(C)C(=O)N[C@@H](CCCCNC(=O)OC(C)(C)C)C(=O)OC(C)(C)C)cs1)C(C)C. The van der Waals surface area contributed by atoms with Gasteiger partial charge in [0.25, 0.3) is 17.7 Å². The van der Waals surface area contributed by atoms with E-state index in [-0.39, 0.29) is 104 Å². The number of carbonyl (C=O) groups excluding carboxylic acids is 10. The van der Waals surface area contributed by atoms with E-state index in [0.717, 1.165) is 28.4 Å². The molecule has 23 heteroatoms. The standard InChI is InChI=1S/C61H94N8O14S/c1-18-37(4)42(33-49(72)61(13,14)67(15)16)56(78)68(17)46(36(2)3)34-48(81-39(6)70)55-66-45(35-84-55)54(77)63-41(31-40-24-25-47(71)44(32-40)64-50(73)23-21-29-69-51(74)26-27-52(69)75)30-38(5)53(76)65-43(57(79)82-59(7,8)9)22-19-20-28-62-58(80)83-60(10,11)12/h24-27,32,35-38,41-43,46,48,71H,18-23,28-31,33-34H2,1-17H3,(H,62,80)(H,63,77)(H,64,73)(H,65,76)/t37-,38?,41+,42-,43-,46+,48+/m0/s1. The number of hydrogen-bond donors (Lipinski definition) is 5. The molecule has 468 valence electrons. The van der Waals surface area contributed by atoms with Gasteiger partial charge in [0.2, 0.25) is 17.7 Å². The highest BCUT2D eigenvalue weighted by atomic mass is 32.1. The number of Topliss-reactive ketones (excluding diaryl/α,β-unsaturated/α-hetero) is 1. The molecule has 84 heavy (non-hydrogen) atoms. The minimum Gasteiger partial charge on any atom is -0.506 e. The lowest BCUT2D eigenvalue weighted by atomic mass is 9.81. The number of aromatic nitrogens is 1. The molecule has 0 saturated heterocycles. The second-order valence-electron chi connectivity index (χ2n) is 24.9. The van der Waals surface area contributed by atoms with Crippen LogP contribution in [0.4, 0.5) is 10.5 Å². The summed E-state index contributed by atoms with van der Waals surface area (Å²) in [5.74, 6) is -6.14.